The van der Waals surface area contributed by atoms with Crippen LogP contribution in [0.4, 0.5) is 20.2 Å². The molecule has 3 aliphatic rings. The Labute approximate surface area is 353 Å². The number of piperidine rings is 1. The lowest BCUT2D eigenvalue weighted by Crippen LogP contribution is -2.57. The molecule has 0 radical (unpaired) electrons. The molecule has 3 heterocycles. The van der Waals surface area contributed by atoms with Crippen molar-refractivity contribution in [1.29, 1.82) is 0 Å². The number of anilines is 1. The molecule has 0 spiro atoms. The normalized spacial score (nSPS) is 18.6. The van der Waals surface area contributed by atoms with E-state index in [1.54, 1.807) is 31.2 Å². The van der Waals surface area contributed by atoms with Crippen LogP contribution in [0.1, 0.15) is 51.0 Å². The Balaban J connectivity index is 1.41. The van der Waals surface area contributed by atoms with Crippen LogP contribution in [0.2, 0.25) is 0 Å². The third-order valence-corrected chi connectivity index (χ3v) is 11.8. The molecular formula is C39H53N6O15P. The summed E-state index contributed by atoms with van der Waals surface area (Å²) < 4.78 is 54.8. The fourth-order valence-electron chi connectivity index (χ4n) is 6.87. The van der Waals surface area contributed by atoms with E-state index in [1.807, 2.05) is 17.9 Å². The zero-order chi connectivity index (χ0) is 43.9. The summed E-state index contributed by atoms with van der Waals surface area (Å²) in [5.41, 5.74) is 0.456. The summed E-state index contributed by atoms with van der Waals surface area (Å²) in [4.78, 5) is 91.7. The molecule has 1 aromatic heterocycles. The number of hydrogen-bond donors (Lipinski definition) is 1. The Bertz CT molecular complexity index is 1860. The number of esters is 1. The Morgan fingerprint density at radius 3 is 1.93 bits per heavy atom. The van der Waals surface area contributed by atoms with E-state index in [0.717, 1.165) is 6.42 Å². The fourth-order valence-corrected chi connectivity index (χ4v) is 8.27. The van der Waals surface area contributed by atoms with Gasteiger partial charge in [-0.3, -0.25) is 28.0 Å². The van der Waals surface area contributed by atoms with Gasteiger partial charge in [-0.15, -0.1) is 0 Å². The second kappa shape index (κ2) is 22.4. The van der Waals surface area contributed by atoms with E-state index in [0.29, 0.717) is 30.9 Å². The number of hydrogen-bond acceptors (Lipinski definition) is 18. The Morgan fingerprint density at radius 2 is 1.36 bits per heavy atom. The molecule has 0 bridgehead atoms. The molecule has 4 atom stereocenters. The second-order valence-corrected chi connectivity index (χ2v) is 16.2. The molecule has 2 aromatic rings. The van der Waals surface area contributed by atoms with Gasteiger partial charge in [-0.25, -0.2) is 24.4 Å². The van der Waals surface area contributed by atoms with Crippen LogP contribution in [0.5, 0.6) is 0 Å². The summed E-state index contributed by atoms with van der Waals surface area (Å²) in [5, 5.41) is 2.64. The molecule has 3 fully saturated rings. The van der Waals surface area contributed by atoms with E-state index in [9.17, 15) is 33.3 Å². The molecule has 2 saturated heterocycles. The van der Waals surface area contributed by atoms with E-state index < -0.39 is 63.6 Å². The van der Waals surface area contributed by atoms with Gasteiger partial charge in [0.2, 0.25) is 19.5 Å². The first-order valence-corrected chi connectivity index (χ1v) is 22.0. The van der Waals surface area contributed by atoms with Gasteiger partial charge in [0.15, 0.2) is 5.82 Å². The van der Waals surface area contributed by atoms with Crippen molar-refractivity contribution in [3.05, 3.63) is 42.1 Å². The van der Waals surface area contributed by atoms with Crippen molar-refractivity contribution in [3.63, 3.8) is 0 Å². The number of nitrogens with zero attached hydrogens (tertiary/aromatic N) is 5. The van der Waals surface area contributed by atoms with Gasteiger partial charge in [-0.1, -0.05) is 43.7 Å². The Morgan fingerprint density at radius 1 is 0.770 bits per heavy atom. The molecule has 334 valence electrons. The summed E-state index contributed by atoms with van der Waals surface area (Å²) in [6.45, 7) is 6.57. The number of aromatic nitrogens is 2. The molecule has 1 saturated carbocycles. The molecule has 1 N–H and O–H groups in total. The lowest BCUT2D eigenvalue weighted by atomic mass is 10.2. The minimum atomic E-state index is -4.62. The first-order chi connectivity index (χ1) is 29.4. The van der Waals surface area contributed by atoms with Crippen LogP contribution < -0.4 is 10.2 Å². The topological polar surface area (TPSA) is 241 Å². The van der Waals surface area contributed by atoms with Crippen molar-refractivity contribution in [2.45, 2.75) is 46.6 Å². The van der Waals surface area contributed by atoms with E-state index in [4.69, 9.17) is 42.5 Å². The van der Waals surface area contributed by atoms with Crippen LogP contribution >= 0.6 is 7.60 Å². The minimum Gasteiger partial charge on any atom is -0.466 e. The monoisotopic (exact) mass is 876 g/mol. The van der Waals surface area contributed by atoms with Gasteiger partial charge in [0, 0.05) is 50.9 Å². The van der Waals surface area contributed by atoms with Crippen molar-refractivity contribution >= 4 is 49.6 Å². The highest BCUT2D eigenvalue weighted by Crippen LogP contribution is 2.53. The predicted molar refractivity (Wildman–Crippen MR) is 213 cm³/mol. The van der Waals surface area contributed by atoms with Gasteiger partial charge >= 0.3 is 32.0 Å². The van der Waals surface area contributed by atoms with Crippen LogP contribution in [-0.4, -0.2) is 147 Å². The SMILES string of the molecule is CCCCOC(=O)N1CCN(C(=O)[C@H](CP(=O)(OCOC(=O)OCC)OCOC(=O)OCC)NC(=O)c2cc(N3C[C@@H]4C(C(=O)OCC)[C@@H]4C3)nc(-c3ccccc3)n2)CC1. The van der Waals surface area contributed by atoms with Crippen LogP contribution in [-0.2, 0) is 51.6 Å². The van der Waals surface area contributed by atoms with Gasteiger partial charge in [0.1, 0.15) is 17.6 Å². The van der Waals surface area contributed by atoms with Crippen molar-refractivity contribution in [2.24, 2.45) is 17.8 Å². The van der Waals surface area contributed by atoms with Gasteiger partial charge in [0.05, 0.1) is 38.5 Å². The minimum absolute atomic E-state index is 0.0257. The molecule has 21 nitrogen and oxygen atoms in total. The quantitative estimate of drug-likeness (QED) is 0.0648. The van der Waals surface area contributed by atoms with E-state index in [1.165, 1.54) is 29.7 Å². The number of carbonyl (C=O) groups is 6. The number of ether oxygens (including phenoxy) is 6. The first kappa shape index (κ1) is 46.5. The van der Waals surface area contributed by atoms with Gasteiger partial charge in [0.25, 0.3) is 5.91 Å². The van der Waals surface area contributed by atoms with Crippen LogP contribution in [0.25, 0.3) is 11.4 Å². The van der Waals surface area contributed by atoms with Crippen LogP contribution in [0, 0.1) is 17.8 Å². The Kier molecular flexibility index (Phi) is 17.1. The average Bonchev–Trinajstić information content (AvgIpc) is 3.76. The maximum Gasteiger partial charge on any atom is 0.510 e. The van der Waals surface area contributed by atoms with Crippen LogP contribution in [0.3, 0.4) is 0 Å². The zero-order valence-electron chi connectivity index (χ0n) is 34.7. The highest BCUT2D eigenvalue weighted by atomic mass is 31.2. The van der Waals surface area contributed by atoms with E-state index in [-0.39, 0.29) is 87.8 Å². The standard InChI is InChI=1S/C39H53N6O15P/c1-5-9-19-56-37(49)44-17-15-43(16-18-44)35(47)30(23-61(52,59-24-57-38(50)54-7-3)60-25-58-39(51)55-8-4)41-34(46)29-20-31(42-33(40-29)26-13-11-10-12-14-26)45-21-27-28(22-45)32(27)36(48)53-6-2/h10-14,20,27-28,30,32H,5-9,15-19,21-25H2,1-4H3,(H,41,46)/t27-,28+,30-,32?/m0/s1. The fraction of sp³-hybridized carbons (Fsp3) is 0.590. The molecule has 2 aliphatic heterocycles. The largest absolute Gasteiger partial charge is 0.510 e. The number of unbranched alkanes of at least 4 members (excludes halogenated alkanes) is 1. The molecule has 22 heteroatoms. The van der Waals surface area contributed by atoms with E-state index in [2.05, 4.69) is 10.3 Å². The molecule has 1 aromatic carbocycles. The first-order valence-electron chi connectivity index (χ1n) is 20.2. The van der Waals surface area contributed by atoms with Crippen molar-refractivity contribution < 1.29 is 70.8 Å². The second-order valence-electron chi connectivity index (χ2n) is 14.1. The zero-order valence-corrected chi connectivity index (χ0v) is 35.6. The summed E-state index contributed by atoms with van der Waals surface area (Å²) in [6, 6.07) is 8.74. The molecule has 1 unspecified atom stereocenters. The van der Waals surface area contributed by atoms with E-state index >= 15 is 0 Å². The van der Waals surface area contributed by atoms with Crippen molar-refractivity contribution in [2.75, 3.05) is 90.3 Å². The number of nitrogens with one attached hydrogen (secondary N) is 1. The van der Waals surface area contributed by atoms with Crippen molar-refractivity contribution in [3.8, 4) is 11.4 Å². The number of fused-ring (bicyclic) bond motifs is 1. The third kappa shape index (κ3) is 13.0. The van der Waals surface area contributed by atoms with Gasteiger partial charge in [-0.05, 0) is 39.0 Å². The highest BCUT2D eigenvalue weighted by Gasteiger charge is 2.60. The molecular weight excluding hydrogens is 823 g/mol. The number of amides is 3. The van der Waals surface area contributed by atoms with Crippen molar-refractivity contribution in [1.82, 2.24) is 25.1 Å². The number of benzene rings is 1. The lowest BCUT2D eigenvalue weighted by molar-refractivity contribution is -0.145. The summed E-state index contributed by atoms with van der Waals surface area (Å²) in [7, 11) is -4.62. The number of carbonyl (C=O) groups excluding carboxylic acids is 6. The summed E-state index contributed by atoms with van der Waals surface area (Å²) in [6.07, 6.45) is -2.14. The smallest absolute Gasteiger partial charge is 0.466 e. The molecule has 3 amide bonds. The predicted octanol–water partition coefficient (Wildman–Crippen LogP) is 4.06. The van der Waals surface area contributed by atoms with Gasteiger partial charge < -0.3 is 48.4 Å². The van der Waals surface area contributed by atoms with Crippen LogP contribution in [0.15, 0.2) is 36.4 Å². The maximum atomic E-state index is 14.4. The average molecular weight is 877 g/mol. The summed E-state index contributed by atoms with van der Waals surface area (Å²) >= 11 is 0. The Hall–Kier alpha value is -5.53. The maximum absolute atomic E-state index is 14.4. The summed E-state index contributed by atoms with van der Waals surface area (Å²) in [5.74, 6) is -1.30. The molecule has 61 heavy (non-hydrogen) atoms. The molecule has 5 rings (SSSR count). The number of piperazine rings is 1. The highest BCUT2D eigenvalue weighted by molar-refractivity contribution is 7.54. The lowest BCUT2D eigenvalue weighted by Gasteiger charge is -2.36. The van der Waals surface area contributed by atoms with Gasteiger partial charge in [-0.2, -0.15) is 0 Å². The molecule has 1 aliphatic carbocycles. The third-order valence-electron chi connectivity index (χ3n) is 10.0. The number of rotatable bonds is 20.